The minimum Gasteiger partial charge on any atom is -0.295 e. The summed E-state index contributed by atoms with van der Waals surface area (Å²) in [5.74, 6) is 0.736. The molecule has 0 amide bonds. The van der Waals surface area contributed by atoms with Gasteiger partial charge in [-0.15, -0.1) is 0 Å². The van der Waals surface area contributed by atoms with Crippen LogP contribution in [0.2, 0.25) is 0 Å². The summed E-state index contributed by atoms with van der Waals surface area (Å²) in [6.07, 6.45) is 2.39. The van der Waals surface area contributed by atoms with Gasteiger partial charge in [-0.2, -0.15) is 0 Å². The van der Waals surface area contributed by atoms with Crippen molar-refractivity contribution in [1.29, 1.82) is 0 Å². The van der Waals surface area contributed by atoms with E-state index in [0.717, 1.165) is 18.9 Å². The third-order valence-corrected chi connectivity index (χ3v) is 3.29. The van der Waals surface area contributed by atoms with Crippen LogP contribution in [0, 0.1) is 11.3 Å². The smallest absolute Gasteiger partial charge is 0.0360 e. The molecule has 1 atom stereocenters. The maximum atomic E-state index is 4.46. The second-order valence-corrected chi connectivity index (χ2v) is 4.55. The molecule has 0 aromatic rings. The lowest BCUT2D eigenvalue weighted by Crippen LogP contribution is -2.25. The first kappa shape index (κ1) is 12.7. The van der Waals surface area contributed by atoms with E-state index in [2.05, 4.69) is 46.5 Å². The maximum Gasteiger partial charge on any atom is 0.0360 e. The predicted octanol–water partition coefficient (Wildman–Crippen LogP) is 3.93. The van der Waals surface area contributed by atoms with Crippen molar-refractivity contribution in [1.82, 2.24) is 0 Å². The summed E-state index contributed by atoms with van der Waals surface area (Å²) < 4.78 is 0. The van der Waals surface area contributed by atoms with Crippen molar-refractivity contribution in [3.8, 4) is 0 Å². The molecule has 0 spiro atoms. The standard InChI is InChI=1S/C12H25N/c1-7-12(6,10(3)4)9-11(5)13-8-2/h10H,7-9H2,1-6H3. The van der Waals surface area contributed by atoms with E-state index in [-0.39, 0.29) is 0 Å². The van der Waals surface area contributed by atoms with E-state index in [1.807, 2.05) is 0 Å². The van der Waals surface area contributed by atoms with Crippen molar-refractivity contribution < 1.29 is 0 Å². The molecule has 1 unspecified atom stereocenters. The summed E-state index contributed by atoms with van der Waals surface area (Å²) in [5, 5.41) is 0. The summed E-state index contributed by atoms with van der Waals surface area (Å²) >= 11 is 0. The Morgan fingerprint density at radius 1 is 1.31 bits per heavy atom. The van der Waals surface area contributed by atoms with Crippen molar-refractivity contribution in [2.45, 2.75) is 54.4 Å². The third kappa shape index (κ3) is 3.93. The highest BCUT2D eigenvalue weighted by atomic mass is 14.7. The topological polar surface area (TPSA) is 12.4 Å². The summed E-state index contributed by atoms with van der Waals surface area (Å²) in [6, 6.07) is 0. The van der Waals surface area contributed by atoms with Crippen LogP contribution in [-0.2, 0) is 0 Å². The molecule has 0 aliphatic carbocycles. The van der Waals surface area contributed by atoms with E-state index < -0.39 is 0 Å². The van der Waals surface area contributed by atoms with Crippen LogP contribution in [0.4, 0.5) is 0 Å². The first-order valence-corrected chi connectivity index (χ1v) is 5.46. The van der Waals surface area contributed by atoms with Gasteiger partial charge in [-0.25, -0.2) is 0 Å². The Morgan fingerprint density at radius 2 is 1.85 bits per heavy atom. The van der Waals surface area contributed by atoms with Crippen molar-refractivity contribution in [2.75, 3.05) is 6.54 Å². The van der Waals surface area contributed by atoms with E-state index in [1.54, 1.807) is 0 Å². The molecule has 78 valence electrons. The number of rotatable bonds is 5. The molecule has 0 aromatic heterocycles. The van der Waals surface area contributed by atoms with Gasteiger partial charge in [0.15, 0.2) is 0 Å². The maximum absolute atomic E-state index is 4.46. The number of hydrogen-bond donors (Lipinski definition) is 0. The zero-order valence-corrected chi connectivity index (χ0v) is 10.1. The Kier molecular flexibility index (Phi) is 5.27. The molecule has 0 N–H and O–H groups in total. The first-order valence-electron chi connectivity index (χ1n) is 5.46. The van der Waals surface area contributed by atoms with Gasteiger partial charge in [0.05, 0.1) is 0 Å². The van der Waals surface area contributed by atoms with Gasteiger partial charge < -0.3 is 0 Å². The molecule has 1 nitrogen and oxygen atoms in total. The Morgan fingerprint density at radius 3 is 2.15 bits per heavy atom. The van der Waals surface area contributed by atoms with Gasteiger partial charge in [-0.3, -0.25) is 4.99 Å². The normalized spacial score (nSPS) is 17.6. The SMILES string of the molecule is CCN=C(C)CC(C)(CC)C(C)C. The van der Waals surface area contributed by atoms with Crippen molar-refractivity contribution in [2.24, 2.45) is 16.3 Å². The van der Waals surface area contributed by atoms with Gasteiger partial charge >= 0.3 is 0 Å². The van der Waals surface area contributed by atoms with Gasteiger partial charge in [0.2, 0.25) is 0 Å². The van der Waals surface area contributed by atoms with Crippen LogP contribution in [0.25, 0.3) is 0 Å². The monoisotopic (exact) mass is 183 g/mol. The lowest BCUT2D eigenvalue weighted by molar-refractivity contribution is 0.219. The second-order valence-electron chi connectivity index (χ2n) is 4.55. The van der Waals surface area contributed by atoms with E-state index in [1.165, 1.54) is 12.1 Å². The molecule has 0 heterocycles. The highest BCUT2D eigenvalue weighted by molar-refractivity contribution is 5.82. The minimum atomic E-state index is 0.433. The Hall–Kier alpha value is -0.330. The van der Waals surface area contributed by atoms with Crippen LogP contribution in [0.3, 0.4) is 0 Å². The molecule has 0 rings (SSSR count). The van der Waals surface area contributed by atoms with Crippen LogP contribution in [0.1, 0.15) is 54.4 Å². The summed E-state index contributed by atoms with van der Waals surface area (Å²) in [7, 11) is 0. The van der Waals surface area contributed by atoms with Crippen molar-refractivity contribution >= 4 is 5.71 Å². The minimum absolute atomic E-state index is 0.433. The zero-order chi connectivity index (χ0) is 10.5. The number of nitrogens with zero attached hydrogens (tertiary/aromatic N) is 1. The fourth-order valence-corrected chi connectivity index (χ4v) is 1.65. The molecule has 0 aliphatic heterocycles. The van der Waals surface area contributed by atoms with Crippen LogP contribution < -0.4 is 0 Å². The molecule has 1 heteroatoms. The quantitative estimate of drug-likeness (QED) is 0.573. The average Bonchev–Trinajstić information content (AvgIpc) is 2.04. The van der Waals surface area contributed by atoms with Crippen LogP contribution >= 0.6 is 0 Å². The Labute approximate surface area is 83.6 Å². The van der Waals surface area contributed by atoms with Crippen LogP contribution in [0.15, 0.2) is 4.99 Å². The van der Waals surface area contributed by atoms with E-state index in [4.69, 9.17) is 0 Å². The summed E-state index contributed by atoms with van der Waals surface area (Å²) in [6.45, 7) is 14.4. The lowest BCUT2D eigenvalue weighted by Gasteiger charge is -2.32. The molecule has 0 aromatic carbocycles. The molecule has 0 saturated heterocycles. The average molecular weight is 183 g/mol. The molecule has 0 saturated carbocycles. The second kappa shape index (κ2) is 5.41. The van der Waals surface area contributed by atoms with Crippen molar-refractivity contribution in [3.05, 3.63) is 0 Å². The number of hydrogen-bond acceptors (Lipinski definition) is 1. The lowest BCUT2D eigenvalue weighted by atomic mass is 9.73. The van der Waals surface area contributed by atoms with E-state index >= 15 is 0 Å². The van der Waals surface area contributed by atoms with Crippen molar-refractivity contribution in [3.63, 3.8) is 0 Å². The van der Waals surface area contributed by atoms with Gasteiger partial charge in [-0.1, -0.05) is 34.1 Å². The number of aliphatic imine (C=N–C) groups is 1. The molecule has 0 aliphatic rings. The third-order valence-electron chi connectivity index (χ3n) is 3.29. The Balaban J connectivity index is 4.36. The molecule has 0 fully saturated rings. The first-order chi connectivity index (χ1) is 5.96. The van der Waals surface area contributed by atoms with Gasteiger partial charge in [0, 0.05) is 12.3 Å². The van der Waals surface area contributed by atoms with E-state index in [0.29, 0.717) is 5.41 Å². The van der Waals surface area contributed by atoms with Gasteiger partial charge in [0.1, 0.15) is 0 Å². The largest absolute Gasteiger partial charge is 0.295 e. The highest BCUT2D eigenvalue weighted by Gasteiger charge is 2.26. The Bertz CT molecular complexity index is 170. The van der Waals surface area contributed by atoms with Crippen LogP contribution in [0.5, 0.6) is 0 Å². The fourth-order valence-electron chi connectivity index (χ4n) is 1.65. The highest BCUT2D eigenvalue weighted by Crippen LogP contribution is 2.34. The predicted molar refractivity (Wildman–Crippen MR) is 61.5 cm³/mol. The van der Waals surface area contributed by atoms with Gasteiger partial charge in [0.25, 0.3) is 0 Å². The van der Waals surface area contributed by atoms with E-state index in [9.17, 15) is 0 Å². The molecular weight excluding hydrogens is 158 g/mol. The molecule has 0 bridgehead atoms. The summed E-state index contributed by atoms with van der Waals surface area (Å²) in [4.78, 5) is 4.46. The molecule has 13 heavy (non-hydrogen) atoms. The fraction of sp³-hybridized carbons (Fsp3) is 0.917. The van der Waals surface area contributed by atoms with Gasteiger partial charge in [-0.05, 0) is 31.6 Å². The zero-order valence-electron chi connectivity index (χ0n) is 10.1. The molecular formula is C12H25N. The molecule has 0 radical (unpaired) electrons. The summed E-state index contributed by atoms with van der Waals surface area (Å²) in [5.41, 5.74) is 1.74. The van der Waals surface area contributed by atoms with Crippen LogP contribution in [-0.4, -0.2) is 12.3 Å².